The smallest absolute Gasteiger partial charge is 0.145 e. The topological polar surface area (TPSA) is 92.9 Å². The zero-order valence-corrected chi connectivity index (χ0v) is 28.7. The average Bonchev–Trinajstić information content (AvgIpc) is 3.76. The first-order valence-corrected chi connectivity index (χ1v) is 17.2. The number of pyridine rings is 3. The lowest BCUT2D eigenvalue weighted by Crippen LogP contribution is -2.08. The van der Waals surface area contributed by atoms with E-state index in [2.05, 4.69) is 79.8 Å². The maximum Gasteiger partial charge on any atom is 0.145 e. The maximum atomic E-state index is 11.3. The van der Waals surface area contributed by atoms with Crippen LogP contribution in [0.1, 0.15) is 18.1 Å². The van der Waals surface area contributed by atoms with Crippen molar-refractivity contribution in [3.05, 3.63) is 164 Å². The normalized spacial score (nSPS) is 12.0. The van der Waals surface area contributed by atoms with Crippen LogP contribution in [0.4, 0.5) is 0 Å². The van der Waals surface area contributed by atoms with Crippen LogP contribution in [0.3, 0.4) is 0 Å². The summed E-state index contributed by atoms with van der Waals surface area (Å²) in [5.74, 6) is 0. The van der Waals surface area contributed by atoms with Gasteiger partial charge in [0.25, 0.3) is 0 Å². The lowest BCUT2D eigenvalue weighted by atomic mass is 9.80. The number of hydrogen-bond acceptors (Lipinski definition) is 6. The van der Waals surface area contributed by atoms with E-state index in [1.807, 2.05) is 92.3 Å². The van der Waals surface area contributed by atoms with Gasteiger partial charge in [0.1, 0.15) is 17.2 Å². The average molecular weight is 683 g/mol. The fourth-order valence-electron chi connectivity index (χ4n) is 7.66. The number of allylic oxidation sites excluding steroid dienone is 3. The molecule has 4 aromatic carbocycles. The predicted molar refractivity (Wildman–Crippen MR) is 215 cm³/mol. The molecule has 0 amide bonds. The molecule has 0 saturated heterocycles. The Bertz CT molecular complexity index is 2970. The van der Waals surface area contributed by atoms with Crippen LogP contribution < -0.4 is 0 Å². The van der Waals surface area contributed by atoms with E-state index >= 15 is 0 Å². The highest BCUT2D eigenvalue weighted by molar-refractivity contribution is 6.24. The van der Waals surface area contributed by atoms with Crippen molar-refractivity contribution in [1.29, 1.82) is 5.26 Å². The minimum absolute atomic E-state index is 0.508. The molecule has 5 heterocycles. The monoisotopic (exact) mass is 682 g/mol. The van der Waals surface area contributed by atoms with E-state index in [1.54, 1.807) is 24.8 Å². The van der Waals surface area contributed by atoms with Crippen molar-refractivity contribution in [2.45, 2.75) is 6.92 Å². The number of aromatic nitrogens is 4. The summed E-state index contributed by atoms with van der Waals surface area (Å²) in [4.78, 5) is 17.7. The summed E-state index contributed by atoms with van der Waals surface area (Å²) in [6.45, 7) is 5.64. The van der Waals surface area contributed by atoms with Gasteiger partial charge in [-0.25, -0.2) is 0 Å². The summed E-state index contributed by atoms with van der Waals surface area (Å²) in [5, 5.41) is 15.4. The first kappa shape index (κ1) is 31.5. The van der Waals surface area contributed by atoms with Gasteiger partial charge in [-0.2, -0.15) is 5.26 Å². The van der Waals surface area contributed by atoms with Crippen molar-refractivity contribution in [3.63, 3.8) is 0 Å². The van der Waals surface area contributed by atoms with Gasteiger partial charge in [0, 0.05) is 98.5 Å². The maximum absolute atomic E-state index is 11.3. The summed E-state index contributed by atoms with van der Waals surface area (Å²) < 4.78 is 9.00. The van der Waals surface area contributed by atoms with Crippen molar-refractivity contribution >= 4 is 56.0 Å². The van der Waals surface area contributed by atoms with Crippen LogP contribution in [0.25, 0.3) is 88.4 Å². The molecule has 0 aliphatic carbocycles. The van der Waals surface area contributed by atoms with E-state index in [-0.39, 0.29) is 0 Å². The Morgan fingerprint density at radius 3 is 2.02 bits per heavy atom. The van der Waals surface area contributed by atoms with E-state index in [9.17, 15) is 5.26 Å². The van der Waals surface area contributed by atoms with E-state index in [0.29, 0.717) is 5.56 Å². The first-order chi connectivity index (χ1) is 26.2. The Hall–Kier alpha value is -7.43. The molecule has 0 radical (unpaired) electrons. The number of aliphatic imine (C=N–C) groups is 1. The molecule has 0 unspecified atom stereocenters. The van der Waals surface area contributed by atoms with Crippen LogP contribution in [0.5, 0.6) is 0 Å². The third kappa shape index (κ3) is 5.04. The second kappa shape index (κ2) is 13.0. The van der Waals surface area contributed by atoms with E-state index in [0.717, 1.165) is 93.9 Å². The highest BCUT2D eigenvalue weighted by Gasteiger charge is 2.31. The molecule has 0 bridgehead atoms. The molecule has 9 aromatic rings. The van der Waals surface area contributed by atoms with Crippen LogP contribution in [0, 0.1) is 11.3 Å². The molecule has 0 fully saturated rings. The molecule has 250 valence electrons. The van der Waals surface area contributed by atoms with Crippen molar-refractivity contribution in [3.8, 4) is 45.1 Å². The number of nitriles is 1. The van der Waals surface area contributed by atoms with Crippen LogP contribution in [-0.2, 0) is 0 Å². The molecule has 0 spiro atoms. The number of hydrogen-bond donors (Lipinski definition) is 0. The van der Waals surface area contributed by atoms with Crippen molar-refractivity contribution < 1.29 is 4.42 Å². The van der Waals surface area contributed by atoms with Crippen LogP contribution in [0.15, 0.2) is 162 Å². The Kier molecular flexibility index (Phi) is 7.76. The Balaban J connectivity index is 1.59. The van der Waals surface area contributed by atoms with E-state index in [4.69, 9.17) is 4.42 Å². The van der Waals surface area contributed by atoms with E-state index in [1.165, 1.54) is 0 Å². The van der Waals surface area contributed by atoms with Gasteiger partial charge in [0.05, 0.1) is 27.7 Å². The third-order valence-corrected chi connectivity index (χ3v) is 9.77. The first-order valence-electron chi connectivity index (χ1n) is 17.2. The van der Waals surface area contributed by atoms with Crippen LogP contribution in [0.2, 0.25) is 0 Å². The largest absolute Gasteiger partial charge is 0.455 e. The standard InChI is InChI=1S/C46H30N6O/c1-29(11-7-21-48-2)40-36(25-47)41(30-12-8-22-49-26-30)43(32-14-10-24-51-28-32)45(42(40)31-13-9-23-50-27-31)52-37-17-5-3-16-35(37)44-38(52)20-19-34-33-15-4-6-18-39(33)53-46(34)44/h3-24,26-28H,2H2,1H3/b21-7-,29-11+. The lowest BCUT2D eigenvalue weighted by molar-refractivity contribution is 0.673. The molecular formula is C46H30N6O. The number of fused-ring (bicyclic) bond motifs is 7. The van der Waals surface area contributed by atoms with Crippen molar-refractivity contribution in [2.75, 3.05) is 0 Å². The molecule has 53 heavy (non-hydrogen) atoms. The summed E-state index contributed by atoms with van der Waals surface area (Å²) in [5.41, 5.74) is 11.6. The third-order valence-electron chi connectivity index (χ3n) is 9.77. The molecule has 0 N–H and O–H groups in total. The van der Waals surface area contributed by atoms with Crippen molar-refractivity contribution in [1.82, 2.24) is 19.5 Å². The molecule has 0 saturated carbocycles. The minimum atomic E-state index is 0.508. The summed E-state index contributed by atoms with van der Waals surface area (Å²) in [6, 6.07) is 35.4. The number of rotatable bonds is 7. The number of benzene rings is 4. The van der Waals surface area contributed by atoms with Gasteiger partial charge in [0.15, 0.2) is 0 Å². The molecule has 7 nitrogen and oxygen atoms in total. The number of para-hydroxylation sites is 2. The van der Waals surface area contributed by atoms with Crippen LogP contribution >= 0.6 is 0 Å². The van der Waals surface area contributed by atoms with Gasteiger partial charge in [-0.1, -0.05) is 60.7 Å². The highest BCUT2D eigenvalue weighted by Crippen LogP contribution is 2.51. The second-order valence-electron chi connectivity index (χ2n) is 12.7. The van der Waals surface area contributed by atoms with Gasteiger partial charge in [0.2, 0.25) is 0 Å². The SMILES string of the molecule is C=N/C=C\C=C(/C)c1c(C#N)c(-c2cccnc2)c(-c2cccnc2)c(-n2c3ccccc3c3c4oc5ccccc5c4ccc32)c1-c1cccnc1. The predicted octanol–water partition coefficient (Wildman–Crippen LogP) is 11.4. The van der Waals surface area contributed by atoms with Gasteiger partial charge in [-0.15, -0.1) is 0 Å². The molecule has 0 aliphatic heterocycles. The molecule has 5 aromatic heterocycles. The Labute approximate surface area is 305 Å². The highest BCUT2D eigenvalue weighted by atomic mass is 16.3. The molecule has 7 heteroatoms. The van der Waals surface area contributed by atoms with Gasteiger partial charge >= 0.3 is 0 Å². The summed E-state index contributed by atoms with van der Waals surface area (Å²) in [7, 11) is 0. The number of nitrogens with zero attached hydrogens (tertiary/aromatic N) is 6. The minimum Gasteiger partial charge on any atom is -0.455 e. The second-order valence-corrected chi connectivity index (χ2v) is 12.7. The summed E-state index contributed by atoms with van der Waals surface area (Å²) >= 11 is 0. The quantitative estimate of drug-likeness (QED) is 0.123. The van der Waals surface area contributed by atoms with Gasteiger partial charge < -0.3 is 8.98 Å². The molecule has 0 atom stereocenters. The van der Waals surface area contributed by atoms with Gasteiger partial charge in [-0.3, -0.25) is 19.9 Å². The van der Waals surface area contributed by atoms with Crippen molar-refractivity contribution in [2.24, 2.45) is 4.99 Å². The van der Waals surface area contributed by atoms with E-state index < -0.39 is 0 Å². The number of furan rings is 1. The molecule has 0 aliphatic rings. The summed E-state index contributed by atoms with van der Waals surface area (Å²) in [6.07, 6.45) is 16.3. The fourth-order valence-corrected chi connectivity index (χ4v) is 7.66. The molecular weight excluding hydrogens is 653 g/mol. The lowest BCUT2D eigenvalue weighted by Gasteiger charge is -2.27. The Morgan fingerprint density at radius 2 is 1.36 bits per heavy atom. The zero-order valence-electron chi connectivity index (χ0n) is 28.7. The zero-order chi connectivity index (χ0) is 35.9. The fraction of sp³-hybridized carbons (Fsp3) is 0.0217. The van der Waals surface area contributed by atoms with Gasteiger partial charge in [-0.05, 0) is 67.8 Å². The Morgan fingerprint density at radius 1 is 0.717 bits per heavy atom. The van der Waals surface area contributed by atoms with Crippen LogP contribution in [-0.4, -0.2) is 26.2 Å². The molecule has 9 rings (SSSR count).